The largest absolute Gasteiger partial charge is 0.466 e. The molecule has 0 atom stereocenters. The van der Waals surface area contributed by atoms with E-state index in [1.54, 1.807) is 31.2 Å². The van der Waals surface area contributed by atoms with Crippen LogP contribution in [0.3, 0.4) is 0 Å². The topological polar surface area (TPSA) is 78.9 Å². The van der Waals surface area contributed by atoms with E-state index in [1.807, 2.05) is 6.07 Å². The predicted octanol–water partition coefficient (Wildman–Crippen LogP) is 3.06. The average Bonchev–Trinajstić information content (AvgIpc) is 2.57. The van der Waals surface area contributed by atoms with Gasteiger partial charge in [0.2, 0.25) is 0 Å². The third-order valence-corrected chi connectivity index (χ3v) is 4.60. The zero-order valence-electron chi connectivity index (χ0n) is 14.8. The second-order valence-electron chi connectivity index (χ2n) is 5.59. The molecule has 0 fully saturated rings. The first-order valence-electron chi connectivity index (χ1n) is 8.68. The molecule has 0 aliphatic carbocycles. The van der Waals surface area contributed by atoms with Crippen molar-refractivity contribution in [2.24, 2.45) is 0 Å². The summed E-state index contributed by atoms with van der Waals surface area (Å²) in [6.07, 6.45) is 3.65. The highest BCUT2D eigenvalue weighted by Crippen LogP contribution is 2.09. The molecule has 0 saturated carbocycles. The highest BCUT2D eigenvalue weighted by molar-refractivity contribution is 7.85. The quantitative estimate of drug-likeness (QED) is 0.284. The number of hydrogen-bond acceptors (Lipinski definition) is 6. The van der Waals surface area contributed by atoms with Gasteiger partial charge in [0.05, 0.1) is 26.2 Å². The molecule has 0 unspecified atom stereocenters. The fourth-order valence-electron chi connectivity index (χ4n) is 2.16. The molecule has 1 rings (SSSR count). The van der Waals surface area contributed by atoms with Gasteiger partial charge in [-0.3, -0.25) is 8.98 Å². The summed E-state index contributed by atoms with van der Waals surface area (Å²) in [5.74, 6) is -0.335. The molecule has 1 aromatic rings. The van der Waals surface area contributed by atoms with Crippen LogP contribution < -0.4 is 0 Å². The fraction of sp³-hybridized carbons (Fsp3) is 0.611. The van der Waals surface area contributed by atoms with Gasteiger partial charge in [0.15, 0.2) is 0 Å². The average molecular weight is 372 g/mol. The molecule has 25 heavy (non-hydrogen) atoms. The van der Waals surface area contributed by atoms with Gasteiger partial charge in [0.25, 0.3) is 10.1 Å². The van der Waals surface area contributed by atoms with Gasteiger partial charge in [0, 0.05) is 6.61 Å². The monoisotopic (exact) mass is 372 g/mol. The summed E-state index contributed by atoms with van der Waals surface area (Å²) in [5, 5.41) is 0. The van der Waals surface area contributed by atoms with Crippen molar-refractivity contribution >= 4 is 16.1 Å². The number of hydrogen-bond donors (Lipinski definition) is 0. The summed E-state index contributed by atoms with van der Waals surface area (Å²) in [6.45, 7) is 3.34. The lowest BCUT2D eigenvalue weighted by Gasteiger charge is -2.06. The molecule has 0 amide bonds. The highest BCUT2D eigenvalue weighted by atomic mass is 32.2. The number of ether oxygens (including phenoxy) is 2. The van der Waals surface area contributed by atoms with E-state index in [-0.39, 0.29) is 24.7 Å². The third-order valence-electron chi connectivity index (χ3n) is 3.39. The molecular weight excluding hydrogens is 344 g/mol. The van der Waals surface area contributed by atoms with Gasteiger partial charge < -0.3 is 9.47 Å². The molecule has 0 saturated heterocycles. The Morgan fingerprint density at radius 2 is 1.64 bits per heavy atom. The smallest absolute Gasteiger partial charge is 0.308 e. The Hall–Kier alpha value is -1.44. The van der Waals surface area contributed by atoms with E-state index >= 15 is 0 Å². The van der Waals surface area contributed by atoms with Crippen LogP contribution in [0.1, 0.15) is 44.6 Å². The van der Waals surface area contributed by atoms with Gasteiger partial charge in [-0.05, 0) is 25.3 Å². The maximum atomic E-state index is 11.8. The number of carbonyl (C=O) groups excluding carboxylic acids is 1. The lowest BCUT2D eigenvalue weighted by Crippen LogP contribution is -2.10. The van der Waals surface area contributed by atoms with Gasteiger partial charge in [-0.2, -0.15) is 8.42 Å². The standard InChI is InChI=1S/C18H28O6S/c1-2-23-18(19)12-15-22-13-8-3-4-9-14-24-25(20,21)16-17-10-6-5-7-11-17/h5-7,10-11H,2-4,8-9,12-16H2,1H3. The normalized spacial score (nSPS) is 11.4. The first kappa shape index (κ1) is 21.6. The Morgan fingerprint density at radius 1 is 0.960 bits per heavy atom. The zero-order chi connectivity index (χ0) is 18.4. The Bertz CT molecular complexity index is 570. The van der Waals surface area contributed by atoms with E-state index in [0.29, 0.717) is 26.2 Å². The van der Waals surface area contributed by atoms with Crippen LogP contribution in [0, 0.1) is 0 Å². The summed E-state index contributed by atoms with van der Waals surface area (Å²) in [7, 11) is -3.52. The number of esters is 1. The van der Waals surface area contributed by atoms with E-state index in [2.05, 4.69) is 0 Å². The van der Waals surface area contributed by atoms with Crippen LogP contribution in [-0.2, 0) is 34.3 Å². The van der Waals surface area contributed by atoms with Crippen molar-refractivity contribution < 1.29 is 26.9 Å². The van der Waals surface area contributed by atoms with E-state index < -0.39 is 10.1 Å². The molecule has 0 radical (unpaired) electrons. The number of unbranched alkanes of at least 4 members (excludes halogenated alkanes) is 3. The minimum absolute atomic E-state index is 0.0951. The third kappa shape index (κ3) is 11.7. The summed E-state index contributed by atoms with van der Waals surface area (Å²) < 4.78 is 38.8. The first-order valence-corrected chi connectivity index (χ1v) is 10.3. The maximum absolute atomic E-state index is 11.8. The Morgan fingerprint density at radius 3 is 2.32 bits per heavy atom. The van der Waals surface area contributed by atoms with Crippen LogP contribution in [0.25, 0.3) is 0 Å². The van der Waals surface area contributed by atoms with Crippen LogP contribution in [-0.4, -0.2) is 40.8 Å². The van der Waals surface area contributed by atoms with E-state index in [9.17, 15) is 13.2 Å². The molecule has 0 spiro atoms. The van der Waals surface area contributed by atoms with Crippen molar-refractivity contribution in [3.8, 4) is 0 Å². The second kappa shape index (κ2) is 12.9. The van der Waals surface area contributed by atoms with Crippen LogP contribution in [0.15, 0.2) is 30.3 Å². The molecular formula is C18H28O6S. The molecule has 0 aromatic heterocycles. The summed E-state index contributed by atoms with van der Waals surface area (Å²) >= 11 is 0. The minimum atomic E-state index is -3.52. The molecule has 0 bridgehead atoms. The van der Waals surface area contributed by atoms with Gasteiger partial charge in [-0.1, -0.05) is 43.2 Å². The lowest BCUT2D eigenvalue weighted by molar-refractivity contribution is -0.144. The SMILES string of the molecule is CCOC(=O)CCOCCCCCCOS(=O)(=O)Cc1ccccc1. The van der Waals surface area contributed by atoms with E-state index in [1.165, 1.54) is 0 Å². The molecule has 0 aliphatic rings. The van der Waals surface area contributed by atoms with Crippen LogP contribution in [0.4, 0.5) is 0 Å². The van der Waals surface area contributed by atoms with Crippen LogP contribution >= 0.6 is 0 Å². The fourth-order valence-corrected chi connectivity index (χ4v) is 3.21. The summed E-state index contributed by atoms with van der Waals surface area (Å²) in [5.41, 5.74) is 0.725. The number of rotatable bonds is 14. The molecule has 0 aliphatic heterocycles. The van der Waals surface area contributed by atoms with Crippen molar-refractivity contribution in [2.45, 2.75) is 44.8 Å². The molecule has 6 nitrogen and oxygen atoms in total. The second-order valence-corrected chi connectivity index (χ2v) is 7.23. The van der Waals surface area contributed by atoms with Gasteiger partial charge in [0.1, 0.15) is 5.75 Å². The molecule has 142 valence electrons. The predicted molar refractivity (Wildman–Crippen MR) is 95.6 cm³/mol. The molecule has 0 N–H and O–H groups in total. The lowest BCUT2D eigenvalue weighted by atomic mass is 10.2. The van der Waals surface area contributed by atoms with Gasteiger partial charge in [-0.25, -0.2) is 0 Å². The van der Waals surface area contributed by atoms with Crippen molar-refractivity contribution in [1.29, 1.82) is 0 Å². The van der Waals surface area contributed by atoms with Crippen LogP contribution in [0.5, 0.6) is 0 Å². The van der Waals surface area contributed by atoms with E-state index in [4.69, 9.17) is 13.7 Å². The molecule has 7 heteroatoms. The number of benzene rings is 1. The van der Waals surface area contributed by atoms with Crippen molar-refractivity contribution in [1.82, 2.24) is 0 Å². The van der Waals surface area contributed by atoms with Crippen molar-refractivity contribution in [3.05, 3.63) is 35.9 Å². The molecule has 0 heterocycles. The zero-order valence-corrected chi connectivity index (χ0v) is 15.6. The first-order chi connectivity index (χ1) is 12.0. The maximum Gasteiger partial charge on any atom is 0.308 e. The summed E-state index contributed by atoms with van der Waals surface area (Å²) in [4.78, 5) is 11.1. The Kier molecular flexibility index (Phi) is 11.1. The van der Waals surface area contributed by atoms with Gasteiger partial charge >= 0.3 is 5.97 Å². The summed E-state index contributed by atoms with van der Waals surface area (Å²) in [6, 6.07) is 8.99. The minimum Gasteiger partial charge on any atom is -0.466 e. The molecule has 1 aromatic carbocycles. The Balaban J connectivity index is 1.97. The van der Waals surface area contributed by atoms with Gasteiger partial charge in [-0.15, -0.1) is 0 Å². The Labute approximate surface area is 150 Å². The van der Waals surface area contributed by atoms with E-state index in [0.717, 1.165) is 24.8 Å². The highest BCUT2D eigenvalue weighted by Gasteiger charge is 2.11. The van der Waals surface area contributed by atoms with Crippen molar-refractivity contribution in [2.75, 3.05) is 26.4 Å². The number of carbonyl (C=O) groups is 1. The van der Waals surface area contributed by atoms with Crippen molar-refractivity contribution in [3.63, 3.8) is 0 Å². The van der Waals surface area contributed by atoms with Crippen LogP contribution in [0.2, 0.25) is 0 Å².